The third-order valence-corrected chi connectivity index (χ3v) is 5.54. The number of carbonyl (C=O) groups excluding carboxylic acids is 1. The molecule has 1 amide bonds. The molecule has 27 heavy (non-hydrogen) atoms. The predicted octanol–water partition coefficient (Wildman–Crippen LogP) is 5.54. The zero-order valence-electron chi connectivity index (χ0n) is 16.9. The van der Waals surface area contributed by atoms with Crippen LogP contribution in [0.15, 0.2) is 36.4 Å². The van der Waals surface area contributed by atoms with Gasteiger partial charge in [0, 0.05) is 19.6 Å². The van der Waals surface area contributed by atoms with E-state index in [0.717, 1.165) is 46.2 Å². The van der Waals surface area contributed by atoms with Crippen LogP contribution in [0.5, 0.6) is 0 Å². The van der Waals surface area contributed by atoms with Gasteiger partial charge in [-0.1, -0.05) is 39.8 Å². The van der Waals surface area contributed by atoms with Crippen molar-refractivity contribution in [1.82, 2.24) is 14.5 Å². The van der Waals surface area contributed by atoms with Gasteiger partial charge < -0.3 is 9.47 Å². The molecule has 0 saturated heterocycles. The second kappa shape index (κ2) is 8.26. The minimum absolute atomic E-state index is 0.132. The Bertz CT molecular complexity index is 913. The maximum Gasteiger partial charge on any atom is 0.263 e. The molecule has 2 aromatic heterocycles. The van der Waals surface area contributed by atoms with Crippen LogP contribution in [0.2, 0.25) is 0 Å². The molecule has 2 heterocycles. The number of imidazole rings is 1. The van der Waals surface area contributed by atoms with Crippen molar-refractivity contribution in [3.63, 3.8) is 0 Å². The molecule has 0 bridgehead atoms. The number of nitrogens with zero attached hydrogens (tertiary/aromatic N) is 3. The van der Waals surface area contributed by atoms with Crippen LogP contribution in [0.1, 0.15) is 44.3 Å². The second-order valence-corrected chi connectivity index (χ2v) is 8.91. The second-order valence-electron chi connectivity index (χ2n) is 7.83. The lowest BCUT2D eigenvalue weighted by molar-refractivity contribution is 0.0720. The minimum Gasteiger partial charge on any atom is -0.337 e. The van der Waals surface area contributed by atoms with Gasteiger partial charge in [-0.05, 0) is 43.0 Å². The lowest BCUT2D eigenvalue weighted by Gasteiger charge is -2.25. The van der Waals surface area contributed by atoms with Crippen LogP contribution >= 0.6 is 11.3 Å². The Balaban J connectivity index is 1.93. The molecular weight excluding hydrogens is 354 g/mol. The molecule has 0 fully saturated rings. The van der Waals surface area contributed by atoms with Crippen LogP contribution in [-0.4, -0.2) is 33.4 Å². The van der Waals surface area contributed by atoms with Crippen LogP contribution < -0.4 is 0 Å². The van der Waals surface area contributed by atoms with Gasteiger partial charge >= 0.3 is 0 Å². The molecule has 0 unspecified atom stereocenters. The van der Waals surface area contributed by atoms with Gasteiger partial charge in [0.05, 0.1) is 20.8 Å². The van der Waals surface area contributed by atoms with Crippen LogP contribution in [0, 0.1) is 11.8 Å². The molecule has 0 saturated carbocycles. The first-order valence-electron chi connectivity index (χ1n) is 9.75. The number of carbonyl (C=O) groups is 1. The van der Waals surface area contributed by atoms with E-state index in [1.54, 1.807) is 11.3 Å². The van der Waals surface area contributed by atoms with Crippen molar-refractivity contribution in [3.8, 4) is 10.7 Å². The first kappa shape index (κ1) is 19.6. The van der Waals surface area contributed by atoms with Crippen molar-refractivity contribution >= 4 is 28.3 Å². The number of para-hydroxylation sites is 2. The molecule has 5 heteroatoms. The van der Waals surface area contributed by atoms with Gasteiger partial charge in [0.15, 0.2) is 5.82 Å². The summed E-state index contributed by atoms with van der Waals surface area (Å²) >= 11 is 1.55. The summed E-state index contributed by atoms with van der Waals surface area (Å²) in [5.74, 6) is 1.99. The lowest BCUT2D eigenvalue weighted by Crippen LogP contribution is -2.36. The van der Waals surface area contributed by atoms with Crippen LogP contribution in [0.3, 0.4) is 0 Å². The molecule has 0 N–H and O–H groups in total. The number of aromatic nitrogens is 2. The summed E-state index contributed by atoms with van der Waals surface area (Å²) in [4.78, 5) is 21.7. The van der Waals surface area contributed by atoms with E-state index in [1.807, 2.05) is 35.2 Å². The van der Waals surface area contributed by atoms with Gasteiger partial charge in [-0.2, -0.15) is 0 Å². The standard InChI is InChI=1S/C22H29N3OS/c1-6-25-18-10-8-7-9-17(18)23-21(25)19-11-12-20(27-19)22(26)24(13-15(2)3)14-16(4)5/h7-12,15-16H,6,13-14H2,1-5H3. The zero-order valence-corrected chi connectivity index (χ0v) is 17.7. The predicted molar refractivity (Wildman–Crippen MR) is 114 cm³/mol. The van der Waals surface area contributed by atoms with Gasteiger partial charge in [-0.15, -0.1) is 11.3 Å². The van der Waals surface area contributed by atoms with Gasteiger partial charge in [-0.25, -0.2) is 4.98 Å². The zero-order chi connectivity index (χ0) is 19.6. The Morgan fingerprint density at radius 1 is 1.07 bits per heavy atom. The van der Waals surface area contributed by atoms with Crippen molar-refractivity contribution in [2.75, 3.05) is 13.1 Å². The molecule has 0 atom stereocenters. The number of hydrogen-bond donors (Lipinski definition) is 0. The molecule has 0 aliphatic carbocycles. The Morgan fingerprint density at radius 2 is 1.74 bits per heavy atom. The van der Waals surface area contributed by atoms with Crippen LogP contribution in [0.4, 0.5) is 0 Å². The van der Waals surface area contributed by atoms with E-state index in [1.165, 1.54) is 0 Å². The third kappa shape index (κ3) is 4.24. The maximum atomic E-state index is 13.1. The normalized spacial score (nSPS) is 11.7. The van der Waals surface area contributed by atoms with Crippen molar-refractivity contribution in [3.05, 3.63) is 41.3 Å². The number of fused-ring (bicyclic) bond motifs is 1. The summed E-state index contributed by atoms with van der Waals surface area (Å²) in [6.07, 6.45) is 0. The van der Waals surface area contributed by atoms with Crippen molar-refractivity contribution in [2.45, 2.75) is 41.2 Å². The highest BCUT2D eigenvalue weighted by Gasteiger charge is 2.21. The van der Waals surface area contributed by atoms with E-state index in [2.05, 4.69) is 45.3 Å². The average molecular weight is 384 g/mol. The molecule has 3 rings (SSSR count). The lowest BCUT2D eigenvalue weighted by atomic mass is 10.1. The monoisotopic (exact) mass is 383 g/mol. The van der Waals surface area contributed by atoms with E-state index < -0.39 is 0 Å². The smallest absolute Gasteiger partial charge is 0.263 e. The molecule has 3 aromatic rings. The average Bonchev–Trinajstić information content (AvgIpc) is 3.24. The van der Waals surface area contributed by atoms with Crippen LogP contribution in [-0.2, 0) is 6.54 Å². The summed E-state index contributed by atoms with van der Waals surface area (Å²) in [6, 6.07) is 12.2. The van der Waals surface area contributed by atoms with E-state index >= 15 is 0 Å². The molecule has 0 spiro atoms. The largest absolute Gasteiger partial charge is 0.337 e. The minimum atomic E-state index is 0.132. The molecule has 0 aliphatic heterocycles. The van der Waals surface area contributed by atoms with Crippen molar-refractivity contribution in [2.24, 2.45) is 11.8 Å². The molecule has 1 aromatic carbocycles. The quantitative estimate of drug-likeness (QED) is 0.537. The molecule has 0 aliphatic rings. The highest BCUT2D eigenvalue weighted by Crippen LogP contribution is 2.31. The fourth-order valence-corrected chi connectivity index (χ4v) is 4.41. The summed E-state index contributed by atoms with van der Waals surface area (Å²) in [5.41, 5.74) is 2.13. The molecule has 144 valence electrons. The maximum absolute atomic E-state index is 13.1. The van der Waals surface area contributed by atoms with E-state index in [9.17, 15) is 4.79 Å². The first-order valence-corrected chi connectivity index (χ1v) is 10.6. The molecular formula is C22H29N3OS. The van der Waals surface area contributed by atoms with Gasteiger partial charge in [0.25, 0.3) is 5.91 Å². The molecule has 4 nitrogen and oxygen atoms in total. The Hall–Kier alpha value is -2.14. The fraction of sp³-hybridized carbons (Fsp3) is 0.455. The highest BCUT2D eigenvalue weighted by atomic mass is 32.1. The Morgan fingerprint density at radius 3 is 2.37 bits per heavy atom. The van der Waals surface area contributed by atoms with Gasteiger partial charge in [0.1, 0.15) is 0 Å². The topological polar surface area (TPSA) is 38.1 Å². The number of hydrogen-bond acceptors (Lipinski definition) is 3. The number of amides is 1. The van der Waals surface area contributed by atoms with E-state index in [4.69, 9.17) is 4.98 Å². The Labute approximate surface area is 165 Å². The van der Waals surface area contributed by atoms with E-state index in [0.29, 0.717) is 11.8 Å². The molecule has 0 radical (unpaired) electrons. The third-order valence-electron chi connectivity index (χ3n) is 4.47. The Kier molecular flexibility index (Phi) is 6.00. The fourth-order valence-electron chi connectivity index (χ4n) is 3.43. The first-order chi connectivity index (χ1) is 12.9. The van der Waals surface area contributed by atoms with Gasteiger partial charge in [0.2, 0.25) is 0 Å². The van der Waals surface area contributed by atoms with Crippen molar-refractivity contribution in [1.29, 1.82) is 0 Å². The highest BCUT2D eigenvalue weighted by molar-refractivity contribution is 7.17. The summed E-state index contributed by atoms with van der Waals surface area (Å²) in [5, 5.41) is 0. The summed E-state index contributed by atoms with van der Waals surface area (Å²) in [7, 11) is 0. The number of benzene rings is 1. The van der Waals surface area contributed by atoms with Crippen molar-refractivity contribution < 1.29 is 4.79 Å². The summed E-state index contributed by atoms with van der Waals surface area (Å²) < 4.78 is 2.22. The van der Waals surface area contributed by atoms with E-state index in [-0.39, 0.29) is 5.91 Å². The number of rotatable bonds is 7. The summed E-state index contributed by atoms with van der Waals surface area (Å²) in [6.45, 7) is 13.2. The van der Waals surface area contributed by atoms with Gasteiger partial charge in [-0.3, -0.25) is 4.79 Å². The SMILES string of the molecule is CCn1c(-c2ccc(C(=O)N(CC(C)C)CC(C)C)s2)nc2ccccc21. The number of aryl methyl sites for hydroxylation is 1. The number of thiophene rings is 1. The van der Waals surface area contributed by atoms with Crippen LogP contribution in [0.25, 0.3) is 21.7 Å².